The van der Waals surface area contributed by atoms with E-state index in [1.807, 2.05) is 29.2 Å². The van der Waals surface area contributed by atoms with Crippen molar-refractivity contribution in [3.63, 3.8) is 0 Å². The number of para-hydroxylation sites is 3. The Balaban J connectivity index is 1.78. The Morgan fingerprint density at radius 2 is 1.59 bits per heavy atom. The van der Waals surface area contributed by atoms with Gasteiger partial charge in [0.25, 0.3) is 0 Å². The van der Waals surface area contributed by atoms with E-state index in [0.29, 0.717) is 11.6 Å². The fourth-order valence-electron chi connectivity index (χ4n) is 3.95. The molecule has 0 radical (unpaired) electrons. The molecule has 1 aliphatic heterocycles. The standard InChI is InChI=1S/C20H23FN6/c21-14-8-2-3-9-15(14)24-16-10-4-5-11-17(16)27-19(23)25-18(22)26-20(27)12-6-1-7-13-20/h2-5,8-11,24H,1,6-7,12-13H2,(H4,22,23,25,26). The Bertz CT molecular complexity index is 901. The molecule has 2 aromatic carbocycles. The molecule has 0 atom stereocenters. The van der Waals surface area contributed by atoms with Crippen LogP contribution in [0.2, 0.25) is 0 Å². The van der Waals surface area contributed by atoms with Gasteiger partial charge in [0, 0.05) is 0 Å². The van der Waals surface area contributed by atoms with Crippen molar-refractivity contribution in [3.8, 4) is 0 Å². The van der Waals surface area contributed by atoms with Crippen molar-refractivity contribution < 1.29 is 4.39 Å². The van der Waals surface area contributed by atoms with Gasteiger partial charge in [-0.1, -0.05) is 30.7 Å². The second kappa shape index (κ2) is 6.90. The lowest BCUT2D eigenvalue weighted by atomic mass is 9.87. The van der Waals surface area contributed by atoms with Gasteiger partial charge in [-0.15, -0.1) is 0 Å². The average Bonchev–Trinajstić information content (AvgIpc) is 2.65. The second-order valence-electron chi connectivity index (χ2n) is 6.94. The van der Waals surface area contributed by atoms with Crippen molar-refractivity contribution in [3.05, 3.63) is 54.3 Å². The summed E-state index contributed by atoms with van der Waals surface area (Å²) >= 11 is 0. The number of nitrogens with one attached hydrogen (secondary N) is 1. The largest absolute Gasteiger partial charge is 0.369 e. The molecule has 1 spiro atoms. The number of hydrogen-bond acceptors (Lipinski definition) is 6. The zero-order valence-electron chi connectivity index (χ0n) is 15.0. The smallest absolute Gasteiger partial charge is 0.220 e. The molecular formula is C20H23FN6. The van der Waals surface area contributed by atoms with Gasteiger partial charge in [0.15, 0.2) is 0 Å². The minimum atomic E-state index is -0.540. The SMILES string of the molecule is NC1=NC2(CCCCC2)N(c2ccccc2Nc2ccccc2F)C(N)=N1. The number of anilines is 3. The Hall–Kier alpha value is -3.09. The first-order valence-corrected chi connectivity index (χ1v) is 9.19. The molecule has 1 aliphatic carbocycles. The number of nitrogens with two attached hydrogens (primary N) is 2. The molecule has 2 aromatic rings. The fraction of sp³-hybridized carbons (Fsp3) is 0.300. The van der Waals surface area contributed by atoms with E-state index in [4.69, 9.17) is 16.5 Å². The monoisotopic (exact) mass is 366 g/mol. The van der Waals surface area contributed by atoms with Gasteiger partial charge in [0.05, 0.1) is 17.1 Å². The Morgan fingerprint density at radius 1 is 0.926 bits per heavy atom. The quantitative estimate of drug-likeness (QED) is 0.773. The molecule has 1 saturated carbocycles. The molecule has 0 amide bonds. The van der Waals surface area contributed by atoms with Gasteiger partial charge in [-0.3, -0.25) is 4.90 Å². The molecule has 1 fully saturated rings. The molecule has 140 valence electrons. The first-order valence-electron chi connectivity index (χ1n) is 9.19. The highest BCUT2D eigenvalue weighted by Gasteiger charge is 2.43. The van der Waals surface area contributed by atoms with Crippen LogP contribution in [-0.2, 0) is 0 Å². The van der Waals surface area contributed by atoms with Gasteiger partial charge in [-0.05, 0) is 49.9 Å². The summed E-state index contributed by atoms with van der Waals surface area (Å²) in [6.45, 7) is 0. The zero-order valence-corrected chi connectivity index (χ0v) is 15.0. The van der Waals surface area contributed by atoms with Crippen LogP contribution in [0.1, 0.15) is 32.1 Å². The van der Waals surface area contributed by atoms with Crippen molar-refractivity contribution >= 4 is 29.0 Å². The summed E-state index contributed by atoms with van der Waals surface area (Å²) in [6.07, 6.45) is 4.94. The van der Waals surface area contributed by atoms with Gasteiger partial charge >= 0.3 is 0 Å². The number of guanidine groups is 2. The molecule has 7 heteroatoms. The van der Waals surface area contributed by atoms with Crippen LogP contribution in [0.3, 0.4) is 0 Å². The molecule has 0 unspecified atom stereocenters. The van der Waals surface area contributed by atoms with Gasteiger partial charge < -0.3 is 16.8 Å². The third-order valence-electron chi connectivity index (χ3n) is 5.14. The maximum absolute atomic E-state index is 14.2. The van der Waals surface area contributed by atoms with E-state index in [-0.39, 0.29) is 11.8 Å². The highest BCUT2D eigenvalue weighted by molar-refractivity contribution is 6.07. The molecule has 2 aliphatic rings. The highest BCUT2D eigenvalue weighted by Crippen LogP contribution is 2.42. The fourth-order valence-corrected chi connectivity index (χ4v) is 3.95. The molecule has 27 heavy (non-hydrogen) atoms. The summed E-state index contributed by atoms with van der Waals surface area (Å²) in [7, 11) is 0. The zero-order chi connectivity index (χ0) is 18.9. The first-order chi connectivity index (χ1) is 13.1. The Labute approximate surface area is 157 Å². The van der Waals surface area contributed by atoms with Crippen LogP contribution in [0.5, 0.6) is 0 Å². The lowest BCUT2D eigenvalue weighted by Gasteiger charge is -2.46. The van der Waals surface area contributed by atoms with Crippen LogP contribution in [-0.4, -0.2) is 17.6 Å². The predicted octanol–water partition coefficient (Wildman–Crippen LogP) is 3.68. The van der Waals surface area contributed by atoms with Gasteiger partial charge in [0.1, 0.15) is 11.5 Å². The number of hydrogen-bond donors (Lipinski definition) is 3. The number of nitrogens with zero attached hydrogens (tertiary/aromatic N) is 3. The van der Waals surface area contributed by atoms with E-state index >= 15 is 0 Å². The summed E-state index contributed by atoms with van der Waals surface area (Å²) in [5.41, 5.74) is 13.7. The maximum atomic E-state index is 14.2. The molecule has 1 heterocycles. The van der Waals surface area contributed by atoms with E-state index in [1.54, 1.807) is 18.2 Å². The van der Waals surface area contributed by atoms with Crippen molar-refractivity contribution in [2.24, 2.45) is 21.5 Å². The first kappa shape index (κ1) is 17.3. The minimum Gasteiger partial charge on any atom is -0.369 e. The molecule has 6 nitrogen and oxygen atoms in total. The highest BCUT2D eigenvalue weighted by atomic mass is 19.1. The van der Waals surface area contributed by atoms with Crippen molar-refractivity contribution in [1.29, 1.82) is 0 Å². The molecule has 0 aromatic heterocycles. The van der Waals surface area contributed by atoms with Crippen molar-refractivity contribution in [2.45, 2.75) is 37.8 Å². The van der Waals surface area contributed by atoms with E-state index in [0.717, 1.165) is 43.5 Å². The van der Waals surface area contributed by atoms with Gasteiger partial charge in [-0.25, -0.2) is 9.38 Å². The van der Waals surface area contributed by atoms with Crippen LogP contribution in [0.25, 0.3) is 0 Å². The van der Waals surface area contributed by atoms with E-state index in [9.17, 15) is 4.39 Å². The van der Waals surface area contributed by atoms with Crippen LogP contribution in [0.4, 0.5) is 21.5 Å². The number of aliphatic imine (C=N–C) groups is 2. The number of benzene rings is 2. The summed E-state index contributed by atoms with van der Waals surface area (Å²) in [5.74, 6) is 0.208. The maximum Gasteiger partial charge on any atom is 0.220 e. The lowest BCUT2D eigenvalue weighted by molar-refractivity contribution is 0.306. The molecular weight excluding hydrogens is 343 g/mol. The number of halogens is 1. The summed E-state index contributed by atoms with van der Waals surface area (Å²) in [4.78, 5) is 10.9. The lowest BCUT2D eigenvalue weighted by Crippen LogP contribution is -2.58. The Morgan fingerprint density at radius 3 is 2.33 bits per heavy atom. The van der Waals surface area contributed by atoms with Crippen LogP contribution < -0.4 is 21.7 Å². The predicted molar refractivity (Wildman–Crippen MR) is 108 cm³/mol. The summed E-state index contributed by atoms with van der Waals surface area (Å²) in [5, 5.41) is 3.18. The minimum absolute atomic E-state index is 0.213. The molecule has 0 saturated heterocycles. The van der Waals surface area contributed by atoms with E-state index in [1.165, 1.54) is 6.07 Å². The average molecular weight is 366 g/mol. The normalized spacial score (nSPS) is 18.8. The van der Waals surface area contributed by atoms with Crippen LogP contribution >= 0.6 is 0 Å². The second-order valence-corrected chi connectivity index (χ2v) is 6.94. The molecule has 5 N–H and O–H groups in total. The molecule has 0 bridgehead atoms. The van der Waals surface area contributed by atoms with Crippen molar-refractivity contribution in [1.82, 2.24) is 0 Å². The third-order valence-corrected chi connectivity index (χ3v) is 5.14. The topological polar surface area (TPSA) is 92.0 Å². The van der Waals surface area contributed by atoms with Gasteiger partial charge in [0.2, 0.25) is 11.9 Å². The van der Waals surface area contributed by atoms with Crippen molar-refractivity contribution in [2.75, 3.05) is 10.2 Å². The summed E-state index contributed by atoms with van der Waals surface area (Å²) in [6, 6.07) is 14.2. The van der Waals surface area contributed by atoms with Crippen LogP contribution in [0.15, 0.2) is 58.5 Å². The van der Waals surface area contributed by atoms with E-state index in [2.05, 4.69) is 10.3 Å². The molecule has 4 rings (SSSR count). The number of rotatable bonds is 3. The summed E-state index contributed by atoms with van der Waals surface area (Å²) < 4.78 is 14.2. The van der Waals surface area contributed by atoms with Crippen LogP contribution in [0, 0.1) is 5.82 Å². The van der Waals surface area contributed by atoms with Gasteiger partial charge in [-0.2, -0.15) is 4.99 Å². The third kappa shape index (κ3) is 3.20. The Kier molecular flexibility index (Phi) is 4.43. The van der Waals surface area contributed by atoms with E-state index < -0.39 is 5.66 Å².